The van der Waals surface area contributed by atoms with Gasteiger partial charge in [0.25, 0.3) is 0 Å². The molecule has 0 amide bonds. The molecule has 1 aromatic carbocycles. The molecule has 0 spiro atoms. The number of hydrogen-bond acceptors (Lipinski definition) is 4. The normalized spacial score (nSPS) is 11.8. The van der Waals surface area contributed by atoms with Crippen LogP contribution in [0.25, 0.3) is 0 Å². The highest BCUT2D eigenvalue weighted by molar-refractivity contribution is 7.89. The second-order valence-electron chi connectivity index (χ2n) is 4.31. The summed E-state index contributed by atoms with van der Waals surface area (Å²) in [6.45, 7) is 0.114. The molecule has 1 heterocycles. The summed E-state index contributed by atoms with van der Waals surface area (Å²) < 4.78 is 26.2. The Bertz CT molecular complexity index is 760. The number of halogens is 1. The molecule has 1 aromatic heterocycles. The van der Waals surface area contributed by atoms with Gasteiger partial charge in [0.05, 0.1) is 11.6 Å². The molecule has 0 bridgehead atoms. The monoisotopic (exact) mass is 344 g/mol. The van der Waals surface area contributed by atoms with Crippen LogP contribution in [0.5, 0.6) is 0 Å². The Morgan fingerprint density at radius 3 is 2.76 bits per heavy atom. The highest BCUT2D eigenvalue weighted by Crippen LogP contribution is 2.25. The molecule has 0 aliphatic rings. The van der Waals surface area contributed by atoms with E-state index in [1.165, 1.54) is 25.2 Å². The van der Waals surface area contributed by atoms with E-state index in [1.807, 2.05) is 0 Å². The van der Waals surface area contributed by atoms with Crippen molar-refractivity contribution in [3.05, 3.63) is 47.0 Å². The standard InChI is InChI=1S/C12H13ClN4O2S2/c1-17(7-11-15-4-5-16-11)21(18,19)10-3-2-8(12(14)20)6-9(10)13/h2-6H,7H2,1H3,(H2,14,20)(H,15,16). The Kier molecular flexibility index (Phi) is 4.62. The maximum absolute atomic E-state index is 12.5. The lowest BCUT2D eigenvalue weighted by molar-refractivity contribution is 0.458. The third kappa shape index (κ3) is 3.41. The highest BCUT2D eigenvalue weighted by atomic mass is 35.5. The van der Waals surface area contributed by atoms with E-state index < -0.39 is 10.0 Å². The molecular weight excluding hydrogens is 332 g/mol. The molecule has 0 unspecified atom stereocenters. The average molecular weight is 345 g/mol. The number of sulfonamides is 1. The second kappa shape index (κ2) is 6.10. The van der Waals surface area contributed by atoms with Crippen LogP contribution in [-0.2, 0) is 16.6 Å². The molecule has 0 aliphatic heterocycles. The number of imidazole rings is 1. The van der Waals surface area contributed by atoms with E-state index in [2.05, 4.69) is 9.97 Å². The number of benzene rings is 1. The Labute approximate surface area is 133 Å². The molecule has 3 N–H and O–H groups in total. The van der Waals surface area contributed by atoms with Crippen LogP contribution in [0.4, 0.5) is 0 Å². The van der Waals surface area contributed by atoms with E-state index in [-0.39, 0.29) is 21.5 Å². The number of thiocarbonyl (C=S) groups is 1. The maximum atomic E-state index is 12.5. The Morgan fingerprint density at radius 1 is 1.52 bits per heavy atom. The molecular formula is C12H13ClN4O2S2. The minimum Gasteiger partial charge on any atom is -0.389 e. The van der Waals surface area contributed by atoms with Gasteiger partial charge in [0.2, 0.25) is 10.0 Å². The van der Waals surface area contributed by atoms with Gasteiger partial charge in [-0.1, -0.05) is 29.9 Å². The fraction of sp³-hybridized carbons (Fsp3) is 0.167. The Hall–Kier alpha value is -1.48. The predicted molar refractivity (Wildman–Crippen MR) is 84.6 cm³/mol. The smallest absolute Gasteiger partial charge is 0.244 e. The van der Waals surface area contributed by atoms with Crippen molar-refractivity contribution >= 4 is 38.8 Å². The van der Waals surface area contributed by atoms with Gasteiger partial charge in [-0.2, -0.15) is 4.31 Å². The zero-order chi connectivity index (χ0) is 15.6. The topological polar surface area (TPSA) is 92.1 Å². The van der Waals surface area contributed by atoms with Crippen molar-refractivity contribution in [3.63, 3.8) is 0 Å². The van der Waals surface area contributed by atoms with Gasteiger partial charge in [0.1, 0.15) is 15.7 Å². The van der Waals surface area contributed by atoms with Gasteiger partial charge in [-0.05, 0) is 12.1 Å². The van der Waals surface area contributed by atoms with Crippen molar-refractivity contribution in [1.82, 2.24) is 14.3 Å². The third-order valence-corrected chi connectivity index (χ3v) is 5.35. The van der Waals surface area contributed by atoms with Crippen LogP contribution in [0.1, 0.15) is 11.4 Å². The van der Waals surface area contributed by atoms with Gasteiger partial charge in [0.15, 0.2) is 0 Å². The van der Waals surface area contributed by atoms with E-state index in [9.17, 15) is 8.42 Å². The van der Waals surface area contributed by atoms with Crippen LogP contribution < -0.4 is 5.73 Å². The van der Waals surface area contributed by atoms with Gasteiger partial charge >= 0.3 is 0 Å². The minimum atomic E-state index is -3.73. The summed E-state index contributed by atoms with van der Waals surface area (Å²) in [5.74, 6) is 0.539. The number of nitrogens with one attached hydrogen (secondary N) is 1. The van der Waals surface area contributed by atoms with Crippen LogP contribution in [0.15, 0.2) is 35.5 Å². The van der Waals surface area contributed by atoms with Crippen LogP contribution in [-0.4, -0.2) is 34.7 Å². The number of nitrogens with two attached hydrogens (primary N) is 1. The predicted octanol–water partition coefficient (Wildman–Crippen LogP) is 1.52. The van der Waals surface area contributed by atoms with Gasteiger partial charge < -0.3 is 10.7 Å². The Balaban J connectivity index is 2.33. The third-order valence-electron chi connectivity index (χ3n) is 2.83. The first-order valence-corrected chi connectivity index (χ1v) is 8.09. The maximum Gasteiger partial charge on any atom is 0.244 e. The van der Waals surface area contributed by atoms with Gasteiger partial charge in [-0.3, -0.25) is 0 Å². The van der Waals surface area contributed by atoms with Crippen molar-refractivity contribution in [2.45, 2.75) is 11.4 Å². The van der Waals surface area contributed by atoms with Gasteiger partial charge in [0, 0.05) is 25.0 Å². The summed E-state index contributed by atoms with van der Waals surface area (Å²) in [5.41, 5.74) is 6.01. The number of aromatic nitrogens is 2. The SMILES string of the molecule is CN(Cc1ncc[nH]1)S(=O)(=O)c1ccc(C(N)=S)cc1Cl. The first-order chi connectivity index (χ1) is 9.82. The molecule has 0 atom stereocenters. The van der Waals surface area contributed by atoms with Crippen LogP contribution in [0, 0.1) is 0 Å². The molecule has 2 aromatic rings. The lowest BCUT2D eigenvalue weighted by Crippen LogP contribution is -2.27. The molecule has 0 fully saturated rings. The fourth-order valence-corrected chi connectivity index (χ4v) is 3.48. The summed E-state index contributed by atoms with van der Waals surface area (Å²) in [5, 5.41) is 0.0756. The molecule has 9 heteroatoms. The highest BCUT2D eigenvalue weighted by Gasteiger charge is 2.24. The summed E-state index contributed by atoms with van der Waals surface area (Å²) in [4.78, 5) is 7.00. The van der Waals surface area contributed by atoms with E-state index in [0.717, 1.165) is 4.31 Å². The lowest BCUT2D eigenvalue weighted by Gasteiger charge is -2.17. The molecule has 2 rings (SSSR count). The quantitative estimate of drug-likeness (QED) is 0.802. The molecule has 0 saturated heterocycles. The van der Waals surface area contributed by atoms with Crippen molar-refractivity contribution in [1.29, 1.82) is 0 Å². The van der Waals surface area contributed by atoms with E-state index >= 15 is 0 Å². The van der Waals surface area contributed by atoms with Gasteiger partial charge in [-0.15, -0.1) is 0 Å². The fourth-order valence-electron chi connectivity index (χ4n) is 1.71. The number of H-pyrrole nitrogens is 1. The van der Waals surface area contributed by atoms with Crippen LogP contribution in [0.2, 0.25) is 5.02 Å². The molecule has 0 radical (unpaired) electrons. The lowest BCUT2D eigenvalue weighted by atomic mass is 10.2. The largest absolute Gasteiger partial charge is 0.389 e. The number of hydrogen-bond donors (Lipinski definition) is 2. The van der Waals surface area contributed by atoms with Crippen molar-refractivity contribution in [2.24, 2.45) is 5.73 Å². The minimum absolute atomic E-state index is 0.00165. The first-order valence-electron chi connectivity index (χ1n) is 5.86. The van der Waals surface area contributed by atoms with E-state index in [4.69, 9.17) is 29.6 Å². The number of rotatable bonds is 5. The van der Waals surface area contributed by atoms with Gasteiger partial charge in [-0.25, -0.2) is 13.4 Å². The molecule has 6 nitrogen and oxygen atoms in total. The second-order valence-corrected chi connectivity index (χ2v) is 7.17. The van der Waals surface area contributed by atoms with Crippen LogP contribution in [0.3, 0.4) is 0 Å². The zero-order valence-corrected chi connectivity index (χ0v) is 13.5. The van der Waals surface area contributed by atoms with Crippen molar-refractivity contribution in [2.75, 3.05) is 7.05 Å². The van der Waals surface area contributed by atoms with E-state index in [1.54, 1.807) is 12.4 Å². The average Bonchev–Trinajstić information content (AvgIpc) is 2.90. The molecule has 0 aliphatic carbocycles. The first kappa shape index (κ1) is 15.9. The zero-order valence-electron chi connectivity index (χ0n) is 11.1. The summed E-state index contributed by atoms with van der Waals surface area (Å²) in [6, 6.07) is 4.37. The van der Waals surface area contributed by atoms with Crippen molar-refractivity contribution < 1.29 is 8.42 Å². The Morgan fingerprint density at radius 2 is 2.24 bits per heavy atom. The number of nitrogens with zero attached hydrogens (tertiary/aromatic N) is 2. The molecule has 0 saturated carbocycles. The van der Waals surface area contributed by atoms with E-state index in [0.29, 0.717) is 11.4 Å². The van der Waals surface area contributed by atoms with Crippen LogP contribution >= 0.6 is 23.8 Å². The number of aromatic amines is 1. The molecule has 112 valence electrons. The summed E-state index contributed by atoms with van der Waals surface area (Å²) in [6.07, 6.45) is 3.18. The summed E-state index contributed by atoms with van der Waals surface area (Å²) in [7, 11) is -2.28. The van der Waals surface area contributed by atoms with Crippen molar-refractivity contribution in [3.8, 4) is 0 Å². The molecule has 21 heavy (non-hydrogen) atoms. The summed E-state index contributed by atoms with van der Waals surface area (Å²) >= 11 is 10.9.